The summed E-state index contributed by atoms with van der Waals surface area (Å²) in [6, 6.07) is 14.8. The lowest BCUT2D eigenvalue weighted by molar-refractivity contribution is -0.137. The fourth-order valence-corrected chi connectivity index (χ4v) is 5.17. The molecule has 162 valence electrons. The van der Waals surface area contributed by atoms with Crippen molar-refractivity contribution in [2.24, 2.45) is 5.92 Å². The van der Waals surface area contributed by atoms with Gasteiger partial charge in [-0.2, -0.15) is 13.2 Å². The first-order chi connectivity index (χ1) is 14.3. The van der Waals surface area contributed by atoms with Crippen molar-refractivity contribution in [1.82, 2.24) is 10.2 Å². The van der Waals surface area contributed by atoms with E-state index in [9.17, 15) is 13.2 Å². The van der Waals surface area contributed by atoms with E-state index >= 15 is 0 Å². The summed E-state index contributed by atoms with van der Waals surface area (Å²) in [5.74, 6) is 0.350. The van der Waals surface area contributed by atoms with Crippen molar-refractivity contribution in [1.29, 1.82) is 0 Å². The van der Waals surface area contributed by atoms with Gasteiger partial charge in [0.15, 0.2) is 0 Å². The molecule has 0 amide bonds. The van der Waals surface area contributed by atoms with Gasteiger partial charge in [0.1, 0.15) is 0 Å². The number of halogens is 3. The van der Waals surface area contributed by atoms with Crippen LogP contribution in [0.3, 0.4) is 0 Å². The number of fused-ring (bicyclic) bond motifs is 3. The van der Waals surface area contributed by atoms with Crippen LogP contribution in [-0.4, -0.2) is 38.1 Å². The number of alkyl halides is 3. The molecule has 4 atom stereocenters. The Morgan fingerprint density at radius 1 is 1.07 bits per heavy atom. The SMILES string of the molecule is CN(C)CCCN[C@H]1CC[C@@H]2[C@H]1c1cc(C(F)(F)F)ccc1N[C@@H]2c1ccccc1. The predicted molar refractivity (Wildman–Crippen MR) is 115 cm³/mol. The highest BCUT2D eigenvalue weighted by atomic mass is 19.4. The maximum Gasteiger partial charge on any atom is 0.416 e. The van der Waals surface area contributed by atoms with Gasteiger partial charge in [-0.25, -0.2) is 0 Å². The molecule has 1 aliphatic heterocycles. The van der Waals surface area contributed by atoms with E-state index in [0.717, 1.165) is 43.6 Å². The number of hydrogen-bond donors (Lipinski definition) is 2. The van der Waals surface area contributed by atoms with Crippen molar-refractivity contribution < 1.29 is 13.2 Å². The normalized spacial score (nSPS) is 25.7. The number of nitrogens with one attached hydrogen (secondary N) is 2. The number of anilines is 1. The van der Waals surface area contributed by atoms with Crippen molar-refractivity contribution >= 4 is 5.69 Å². The van der Waals surface area contributed by atoms with Crippen molar-refractivity contribution in [3.63, 3.8) is 0 Å². The van der Waals surface area contributed by atoms with Crippen LogP contribution in [0.15, 0.2) is 48.5 Å². The van der Waals surface area contributed by atoms with Crippen LogP contribution < -0.4 is 10.6 Å². The minimum Gasteiger partial charge on any atom is -0.378 e. The number of hydrogen-bond acceptors (Lipinski definition) is 3. The Kier molecular flexibility index (Phi) is 6.07. The van der Waals surface area contributed by atoms with Gasteiger partial charge in [0.05, 0.1) is 11.6 Å². The zero-order valence-corrected chi connectivity index (χ0v) is 17.5. The monoisotopic (exact) mass is 417 g/mol. The van der Waals surface area contributed by atoms with E-state index in [0.29, 0.717) is 0 Å². The molecular weight excluding hydrogens is 387 g/mol. The Bertz CT molecular complexity index is 851. The zero-order chi connectivity index (χ0) is 21.3. The number of benzene rings is 2. The van der Waals surface area contributed by atoms with E-state index in [2.05, 4.69) is 41.8 Å². The van der Waals surface area contributed by atoms with Crippen LogP contribution in [0.5, 0.6) is 0 Å². The molecule has 1 saturated carbocycles. The van der Waals surface area contributed by atoms with E-state index in [1.807, 2.05) is 18.2 Å². The third-order valence-corrected chi connectivity index (χ3v) is 6.53. The number of rotatable bonds is 6. The molecule has 30 heavy (non-hydrogen) atoms. The van der Waals surface area contributed by atoms with E-state index in [4.69, 9.17) is 0 Å². The van der Waals surface area contributed by atoms with Gasteiger partial charge in [0.25, 0.3) is 0 Å². The molecule has 0 bridgehead atoms. The van der Waals surface area contributed by atoms with Gasteiger partial charge in [-0.05, 0) is 81.7 Å². The highest BCUT2D eigenvalue weighted by molar-refractivity contribution is 5.60. The Balaban J connectivity index is 1.65. The van der Waals surface area contributed by atoms with Crippen LogP contribution in [-0.2, 0) is 6.18 Å². The van der Waals surface area contributed by atoms with Crippen LogP contribution in [0.2, 0.25) is 0 Å². The summed E-state index contributed by atoms with van der Waals surface area (Å²) < 4.78 is 40.3. The van der Waals surface area contributed by atoms with E-state index in [1.54, 1.807) is 6.07 Å². The average molecular weight is 418 g/mol. The van der Waals surface area contributed by atoms with Crippen LogP contribution in [0.1, 0.15) is 47.9 Å². The average Bonchev–Trinajstić information content (AvgIpc) is 3.14. The molecule has 1 heterocycles. The molecular formula is C24H30F3N3. The summed E-state index contributed by atoms with van der Waals surface area (Å²) in [7, 11) is 4.11. The minimum atomic E-state index is -4.33. The molecule has 2 N–H and O–H groups in total. The van der Waals surface area contributed by atoms with Gasteiger partial charge in [-0.15, -0.1) is 0 Å². The zero-order valence-electron chi connectivity index (χ0n) is 17.5. The molecule has 0 radical (unpaired) electrons. The Hall–Kier alpha value is -2.05. The first kappa shape index (κ1) is 21.2. The molecule has 4 rings (SSSR count). The highest BCUT2D eigenvalue weighted by Crippen LogP contribution is 2.53. The second kappa shape index (κ2) is 8.60. The van der Waals surface area contributed by atoms with Gasteiger partial charge in [-0.3, -0.25) is 0 Å². The summed E-state index contributed by atoms with van der Waals surface area (Å²) in [5, 5.41) is 7.24. The summed E-state index contributed by atoms with van der Waals surface area (Å²) in [4.78, 5) is 2.15. The highest BCUT2D eigenvalue weighted by Gasteiger charge is 2.46. The van der Waals surface area contributed by atoms with Crippen LogP contribution in [0.4, 0.5) is 18.9 Å². The van der Waals surface area contributed by atoms with Gasteiger partial charge in [0.2, 0.25) is 0 Å². The maximum absolute atomic E-state index is 13.4. The van der Waals surface area contributed by atoms with Gasteiger partial charge in [0, 0.05) is 17.6 Å². The first-order valence-corrected chi connectivity index (χ1v) is 10.8. The molecule has 0 saturated heterocycles. The molecule has 2 aromatic carbocycles. The minimum absolute atomic E-state index is 0.0770. The van der Waals surface area contributed by atoms with E-state index in [-0.39, 0.29) is 23.9 Å². The summed E-state index contributed by atoms with van der Waals surface area (Å²) >= 11 is 0. The quantitative estimate of drug-likeness (QED) is 0.627. The molecule has 2 aromatic rings. The van der Waals surface area contributed by atoms with E-state index < -0.39 is 11.7 Å². The summed E-state index contributed by atoms with van der Waals surface area (Å²) in [6.45, 7) is 1.88. The standard InChI is InChI=1S/C24H30F3N3/c1-30(2)14-6-13-28-21-12-10-18-22(21)19-15-17(24(25,26)27)9-11-20(19)29-23(18)16-7-4-3-5-8-16/h3-5,7-9,11,15,18,21-23,28-29H,6,10,12-14H2,1-2H3/t18-,21+,22+,23-/m1/s1. The second-order valence-electron chi connectivity index (χ2n) is 8.82. The van der Waals surface area contributed by atoms with Crippen molar-refractivity contribution in [2.75, 3.05) is 32.5 Å². The Morgan fingerprint density at radius 2 is 1.83 bits per heavy atom. The molecule has 1 fully saturated rings. The fraction of sp³-hybridized carbons (Fsp3) is 0.500. The molecule has 3 nitrogen and oxygen atoms in total. The first-order valence-electron chi connectivity index (χ1n) is 10.8. The second-order valence-corrected chi connectivity index (χ2v) is 8.82. The molecule has 0 aromatic heterocycles. The van der Waals surface area contributed by atoms with Crippen molar-refractivity contribution in [3.8, 4) is 0 Å². The lowest BCUT2D eigenvalue weighted by Crippen LogP contribution is -2.39. The molecule has 0 spiro atoms. The van der Waals surface area contributed by atoms with Gasteiger partial charge >= 0.3 is 6.18 Å². The number of nitrogens with zero attached hydrogens (tertiary/aromatic N) is 1. The Labute approximate surface area is 176 Å². The topological polar surface area (TPSA) is 27.3 Å². The summed E-state index contributed by atoms with van der Waals surface area (Å²) in [6.07, 6.45) is -1.32. The van der Waals surface area contributed by atoms with Crippen molar-refractivity contribution in [2.45, 2.75) is 43.4 Å². The van der Waals surface area contributed by atoms with Crippen LogP contribution in [0, 0.1) is 5.92 Å². The van der Waals surface area contributed by atoms with Gasteiger partial charge < -0.3 is 15.5 Å². The van der Waals surface area contributed by atoms with Crippen LogP contribution in [0.25, 0.3) is 0 Å². The summed E-state index contributed by atoms with van der Waals surface area (Å²) in [5.41, 5.74) is 2.29. The molecule has 1 aliphatic carbocycles. The molecule has 0 unspecified atom stereocenters. The molecule has 6 heteroatoms. The Morgan fingerprint density at radius 3 is 2.53 bits per heavy atom. The third kappa shape index (κ3) is 4.35. The van der Waals surface area contributed by atoms with Crippen LogP contribution >= 0.6 is 0 Å². The fourth-order valence-electron chi connectivity index (χ4n) is 5.17. The van der Waals surface area contributed by atoms with Gasteiger partial charge in [-0.1, -0.05) is 30.3 Å². The third-order valence-electron chi connectivity index (χ3n) is 6.53. The van der Waals surface area contributed by atoms with E-state index in [1.165, 1.54) is 17.7 Å². The smallest absolute Gasteiger partial charge is 0.378 e. The maximum atomic E-state index is 13.4. The molecule has 2 aliphatic rings. The lowest BCUT2D eigenvalue weighted by atomic mass is 9.75. The largest absolute Gasteiger partial charge is 0.416 e. The lowest BCUT2D eigenvalue weighted by Gasteiger charge is -2.40. The van der Waals surface area contributed by atoms with Crippen molar-refractivity contribution in [3.05, 3.63) is 65.2 Å². The predicted octanol–water partition coefficient (Wildman–Crippen LogP) is 5.28.